The molecule has 1 aromatic rings. The van der Waals surface area contributed by atoms with E-state index in [2.05, 4.69) is 6.92 Å². The molecule has 27 heavy (non-hydrogen) atoms. The van der Waals surface area contributed by atoms with Crippen molar-refractivity contribution in [1.29, 1.82) is 0 Å². The van der Waals surface area contributed by atoms with Gasteiger partial charge in [0.2, 0.25) is 0 Å². The van der Waals surface area contributed by atoms with Crippen LogP contribution in [-0.4, -0.2) is 23.1 Å². The number of fused-ring (bicyclic) bond motifs is 5. The Bertz CT molecular complexity index is 785. The van der Waals surface area contributed by atoms with Crippen LogP contribution in [0.3, 0.4) is 0 Å². The number of aromatic hydroxyl groups is 1. The topological polar surface area (TPSA) is 72.8 Å². The molecule has 3 aliphatic rings. The molecule has 1 N–H and O–H groups in total. The fraction of sp³-hybridized carbons (Fsp3) is 0.636. The van der Waals surface area contributed by atoms with Crippen molar-refractivity contribution in [2.45, 2.75) is 71.3 Å². The summed E-state index contributed by atoms with van der Waals surface area (Å²) in [4.78, 5) is 22.8. The number of esters is 2. The van der Waals surface area contributed by atoms with E-state index >= 15 is 0 Å². The first-order chi connectivity index (χ1) is 12.8. The average Bonchev–Trinajstić information content (AvgIpc) is 2.91. The minimum Gasteiger partial charge on any atom is -0.504 e. The van der Waals surface area contributed by atoms with Crippen LogP contribution >= 0.6 is 0 Å². The summed E-state index contributed by atoms with van der Waals surface area (Å²) in [6, 6.07) is 3.65. The van der Waals surface area contributed by atoms with Gasteiger partial charge in [0.05, 0.1) is 0 Å². The zero-order valence-electron chi connectivity index (χ0n) is 16.3. The van der Waals surface area contributed by atoms with Gasteiger partial charge in [-0.05, 0) is 79.5 Å². The van der Waals surface area contributed by atoms with E-state index in [1.54, 1.807) is 0 Å². The SMILES string of the molecule is CC(=O)Oc1cc2c(cc1O)[C@H]1CC[C@]3(C)C(OC(C)=O)CC[C@H]3[C@@H]1CC2. The van der Waals surface area contributed by atoms with Gasteiger partial charge in [0, 0.05) is 19.3 Å². The molecule has 4 rings (SSSR count). The summed E-state index contributed by atoms with van der Waals surface area (Å²) in [7, 11) is 0. The molecule has 0 aromatic heterocycles. The summed E-state index contributed by atoms with van der Waals surface area (Å²) < 4.78 is 10.8. The molecule has 0 bridgehead atoms. The minimum atomic E-state index is -0.421. The first kappa shape index (κ1) is 18.3. The maximum absolute atomic E-state index is 11.5. The largest absolute Gasteiger partial charge is 0.504 e. The molecule has 0 spiro atoms. The standard InChI is InChI=1S/C22H28O5/c1-12(23)26-20-10-14-4-5-16-15(17(14)11-19(20)25)8-9-22(3)18(16)6-7-21(22)27-13(2)24/h10-11,15-16,18,21,25H,4-9H2,1-3H3/t15-,16+,18-,21?,22-/m0/s1. The average molecular weight is 372 g/mol. The van der Waals surface area contributed by atoms with Crippen molar-refractivity contribution in [2.75, 3.05) is 0 Å². The van der Waals surface area contributed by atoms with Crippen molar-refractivity contribution in [1.82, 2.24) is 0 Å². The van der Waals surface area contributed by atoms with Gasteiger partial charge in [-0.1, -0.05) is 6.92 Å². The lowest BCUT2D eigenvalue weighted by Crippen LogP contribution is -2.45. The number of carbonyl (C=O) groups excluding carboxylic acids is 2. The van der Waals surface area contributed by atoms with Gasteiger partial charge in [0.1, 0.15) is 6.10 Å². The third-order valence-electron chi connectivity index (χ3n) is 7.28. The normalized spacial score (nSPS) is 34.2. The molecule has 3 aliphatic carbocycles. The molecule has 0 saturated heterocycles. The molecular formula is C22H28O5. The number of phenolic OH excluding ortho intramolecular Hbond substituents is 1. The maximum atomic E-state index is 11.5. The second-order valence-corrected chi connectivity index (χ2v) is 8.75. The third-order valence-corrected chi connectivity index (χ3v) is 7.28. The Morgan fingerprint density at radius 3 is 2.59 bits per heavy atom. The fourth-order valence-electron chi connectivity index (χ4n) is 6.17. The molecule has 0 aliphatic heterocycles. The van der Waals surface area contributed by atoms with E-state index in [4.69, 9.17) is 9.47 Å². The summed E-state index contributed by atoms with van der Waals surface area (Å²) in [5, 5.41) is 10.4. The lowest BCUT2D eigenvalue weighted by atomic mass is 9.55. The number of ether oxygens (including phenoxy) is 2. The summed E-state index contributed by atoms with van der Waals surface area (Å²) >= 11 is 0. The van der Waals surface area contributed by atoms with Gasteiger partial charge in [-0.2, -0.15) is 0 Å². The summed E-state index contributed by atoms with van der Waals surface area (Å²) in [6.07, 6.45) is 6.17. The number of benzene rings is 1. The number of hydrogen-bond donors (Lipinski definition) is 1. The van der Waals surface area contributed by atoms with Gasteiger partial charge < -0.3 is 14.6 Å². The zero-order valence-corrected chi connectivity index (χ0v) is 16.3. The molecule has 0 amide bonds. The molecule has 146 valence electrons. The summed E-state index contributed by atoms with van der Waals surface area (Å²) in [5.41, 5.74) is 2.45. The van der Waals surface area contributed by atoms with Crippen LogP contribution in [-0.2, 0) is 20.7 Å². The van der Waals surface area contributed by atoms with Gasteiger partial charge in [0.25, 0.3) is 0 Å². The van der Waals surface area contributed by atoms with E-state index in [-0.39, 0.29) is 29.0 Å². The predicted octanol–water partition coefficient (Wildman–Crippen LogP) is 4.11. The van der Waals surface area contributed by atoms with Gasteiger partial charge in [-0.3, -0.25) is 9.59 Å². The quantitative estimate of drug-likeness (QED) is 0.625. The van der Waals surface area contributed by atoms with Gasteiger partial charge in [0.15, 0.2) is 11.5 Å². The Morgan fingerprint density at radius 2 is 1.89 bits per heavy atom. The third kappa shape index (κ3) is 3.01. The highest BCUT2D eigenvalue weighted by molar-refractivity contribution is 5.70. The minimum absolute atomic E-state index is 0.0297. The molecule has 5 heteroatoms. The monoisotopic (exact) mass is 372 g/mol. The highest BCUT2D eigenvalue weighted by Crippen LogP contribution is 2.62. The first-order valence-corrected chi connectivity index (χ1v) is 10.0. The van der Waals surface area contributed by atoms with E-state index in [1.165, 1.54) is 25.0 Å². The number of rotatable bonds is 2. The van der Waals surface area contributed by atoms with Crippen LogP contribution in [0.1, 0.15) is 69.9 Å². The Kier molecular flexibility index (Phi) is 4.44. The zero-order chi connectivity index (χ0) is 19.3. The van der Waals surface area contributed by atoms with Crippen molar-refractivity contribution >= 4 is 11.9 Å². The smallest absolute Gasteiger partial charge is 0.308 e. The van der Waals surface area contributed by atoms with E-state index in [1.807, 2.05) is 12.1 Å². The van der Waals surface area contributed by atoms with Crippen LogP contribution < -0.4 is 4.74 Å². The highest BCUT2D eigenvalue weighted by atomic mass is 16.5. The molecule has 2 saturated carbocycles. The number of hydrogen-bond acceptors (Lipinski definition) is 5. The van der Waals surface area contributed by atoms with Crippen LogP contribution in [0, 0.1) is 17.3 Å². The van der Waals surface area contributed by atoms with E-state index in [9.17, 15) is 14.7 Å². The van der Waals surface area contributed by atoms with E-state index < -0.39 is 5.97 Å². The molecule has 0 heterocycles. The second kappa shape index (κ2) is 6.54. The Labute approximate surface area is 160 Å². The van der Waals surface area contributed by atoms with Gasteiger partial charge in [-0.25, -0.2) is 0 Å². The molecule has 5 atom stereocenters. The van der Waals surface area contributed by atoms with Crippen LogP contribution in [0.2, 0.25) is 0 Å². The van der Waals surface area contributed by atoms with E-state index in [0.717, 1.165) is 38.5 Å². The summed E-state index contributed by atoms with van der Waals surface area (Å²) in [6.45, 7) is 5.14. The molecule has 2 fully saturated rings. The van der Waals surface area contributed by atoms with Crippen LogP contribution in [0.4, 0.5) is 0 Å². The lowest BCUT2D eigenvalue weighted by molar-refractivity contribution is -0.154. The Balaban J connectivity index is 1.62. The predicted molar refractivity (Wildman–Crippen MR) is 99.6 cm³/mol. The first-order valence-electron chi connectivity index (χ1n) is 10.0. The van der Waals surface area contributed by atoms with Crippen molar-refractivity contribution in [3.8, 4) is 11.5 Å². The van der Waals surface area contributed by atoms with Crippen LogP contribution in [0.5, 0.6) is 11.5 Å². The highest BCUT2D eigenvalue weighted by Gasteiger charge is 2.56. The van der Waals surface area contributed by atoms with Gasteiger partial charge >= 0.3 is 11.9 Å². The Hall–Kier alpha value is -2.04. The molecule has 1 aromatic carbocycles. The molecule has 0 radical (unpaired) electrons. The second-order valence-electron chi connectivity index (χ2n) is 8.75. The molecule has 1 unspecified atom stereocenters. The van der Waals surface area contributed by atoms with Crippen LogP contribution in [0.15, 0.2) is 12.1 Å². The fourth-order valence-corrected chi connectivity index (χ4v) is 6.17. The van der Waals surface area contributed by atoms with Crippen LogP contribution in [0.25, 0.3) is 0 Å². The Morgan fingerprint density at radius 1 is 1.11 bits per heavy atom. The van der Waals surface area contributed by atoms with Crippen molar-refractivity contribution in [3.05, 3.63) is 23.3 Å². The maximum Gasteiger partial charge on any atom is 0.308 e. The molecule has 5 nitrogen and oxygen atoms in total. The van der Waals surface area contributed by atoms with E-state index in [0.29, 0.717) is 17.8 Å². The van der Waals surface area contributed by atoms with Crippen molar-refractivity contribution < 1.29 is 24.2 Å². The van der Waals surface area contributed by atoms with Crippen molar-refractivity contribution in [3.63, 3.8) is 0 Å². The van der Waals surface area contributed by atoms with Gasteiger partial charge in [-0.15, -0.1) is 0 Å². The lowest BCUT2D eigenvalue weighted by Gasteiger charge is -2.50. The van der Waals surface area contributed by atoms with Crippen molar-refractivity contribution in [2.24, 2.45) is 17.3 Å². The number of carbonyl (C=O) groups is 2. The number of phenols is 1. The number of aryl methyl sites for hydroxylation is 1. The molecular weight excluding hydrogens is 344 g/mol. The summed E-state index contributed by atoms with van der Waals surface area (Å²) in [5.74, 6) is 1.22.